The summed E-state index contributed by atoms with van der Waals surface area (Å²) < 4.78 is 25.1. The second-order valence-corrected chi connectivity index (χ2v) is 11.9. The number of rotatable bonds is 4. The molecule has 0 atom stereocenters. The summed E-state index contributed by atoms with van der Waals surface area (Å²) in [7, 11) is -1.06. The normalized spacial score (nSPS) is 17.9. The van der Waals surface area contributed by atoms with Gasteiger partial charge in [0.25, 0.3) is 0 Å². The van der Waals surface area contributed by atoms with E-state index >= 15 is 0 Å². The van der Waals surface area contributed by atoms with Crippen LogP contribution in [-0.2, 0) is 9.84 Å². The molecule has 2 aromatic carbocycles. The van der Waals surface area contributed by atoms with Gasteiger partial charge in [0.05, 0.1) is 16.2 Å². The summed E-state index contributed by atoms with van der Waals surface area (Å²) in [4.78, 5) is 9.15. The lowest BCUT2D eigenvalue weighted by molar-refractivity contribution is 0.250. The zero-order valence-electron chi connectivity index (χ0n) is 20.0. The largest absolute Gasteiger partial charge is 0.351 e. The topological polar surface area (TPSA) is 56.4 Å². The van der Waals surface area contributed by atoms with Crippen molar-refractivity contribution in [3.05, 3.63) is 53.1 Å². The molecule has 1 fully saturated rings. The summed E-state index contributed by atoms with van der Waals surface area (Å²) in [5, 5.41) is 1.19. The Hall–Kier alpha value is -2.57. The summed E-state index contributed by atoms with van der Waals surface area (Å²) in [6, 6.07) is 12.2. The highest BCUT2D eigenvalue weighted by Crippen LogP contribution is 2.42. The van der Waals surface area contributed by atoms with E-state index in [0.717, 1.165) is 36.3 Å². The lowest BCUT2D eigenvalue weighted by atomic mass is 9.94. The van der Waals surface area contributed by atoms with Crippen molar-refractivity contribution in [1.82, 2.24) is 9.88 Å². The van der Waals surface area contributed by atoms with E-state index in [-0.39, 0.29) is 5.75 Å². The highest BCUT2D eigenvalue weighted by atomic mass is 32.2. The molecule has 2 aliphatic rings. The maximum atomic E-state index is 12.5. The molecule has 0 amide bonds. The number of fused-ring (bicyclic) bond motifs is 3. The zero-order chi connectivity index (χ0) is 23.3. The molecule has 0 radical (unpaired) electrons. The third-order valence-electron chi connectivity index (χ3n) is 7.29. The lowest BCUT2D eigenvalue weighted by Gasteiger charge is -2.40. The molecule has 1 saturated heterocycles. The first-order chi connectivity index (χ1) is 15.8. The number of aryl methyl sites for hydroxylation is 1. The summed E-state index contributed by atoms with van der Waals surface area (Å²) in [5.41, 5.74) is 6.96. The van der Waals surface area contributed by atoms with Crippen LogP contribution in [0.2, 0.25) is 0 Å². The van der Waals surface area contributed by atoms with Crippen molar-refractivity contribution >= 4 is 32.6 Å². The number of hydrogen-bond donors (Lipinski definition) is 1. The van der Waals surface area contributed by atoms with Gasteiger partial charge in [0.15, 0.2) is 9.84 Å². The summed E-state index contributed by atoms with van der Waals surface area (Å²) in [5.74, 6) is 1.31. The average molecular weight is 464 g/mol. The Morgan fingerprint density at radius 2 is 1.85 bits per heavy atom. The average Bonchev–Trinajstić information content (AvgIpc) is 3.20. The number of benzene rings is 2. The van der Waals surface area contributed by atoms with Gasteiger partial charge in [-0.3, -0.25) is 0 Å². The van der Waals surface area contributed by atoms with Gasteiger partial charge in [-0.05, 0) is 81.7 Å². The van der Waals surface area contributed by atoms with Crippen LogP contribution in [0.4, 0.5) is 5.82 Å². The van der Waals surface area contributed by atoms with Crippen molar-refractivity contribution in [2.75, 3.05) is 37.3 Å². The Balaban J connectivity index is 1.69. The van der Waals surface area contributed by atoms with E-state index in [1.165, 1.54) is 40.7 Å². The van der Waals surface area contributed by atoms with E-state index in [2.05, 4.69) is 53.9 Å². The van der Waals surface area contributed by atoms with Crippen LogP contribution in [0.3, 0.4) is 0 Å². The van der Waals surface area contributed by atoms with Gasteiger partial charge >= 0.3 is 0 Å². The minimum absolute atomic E-state index is 0.104. The van der Waals surface area contributed by atoms with Crippen molar-refractivity contribution in [1.29, 1.82) is 0 Å². The molecule has 6 heteroatoms. The number of aromatic nitrogens is 1. The summed E-state index contributed by atoms with van der Waals surface area (Å²) in [6.07, 6.45) is 4.65. The van der Waals surface area contributed by atoms with Crippen LogP contribution in [0.25, 0.3) is 28.1 Å². The van der Waals surface area contributed by atoms with Gasteiger partial charge in [-0.15, -0.1) is 0 Å². The predicted octanol–water partition coefficient (Wildman–Crippen LogP) is 5.25. The van der Waals surface area contributed by atoms with Gasteiger partial charge < -0.3 is 14.8 Å². The van der Waals surface area contributed by atoms with Gasteiger partial charge in [-0.2, -0.15) is 0 Å². The van der Waals surface area contributed by atoms with E-state index in [9.17, 15) is 8.42 Å². The molecule has 5 rings (SSSR count). The van der Waals surface area contributed by atoms with E-state index in [1.807, 2.05) is 18.2 Å². The molecule has 0 unspecified atom stereocenters. The van der Waals surface area contributed by atoms with Gasteiger partial charge in [-0.1, -0.05) is 36.8 Å². The van der Waals surface area contributed by atoms with Crippen LogP contribution in [0, 0.1) is 6.92 Å². The van der Waals surface area contributed by atoms with E-state index in [0.29, 0.717) is 10.9 Å². The minimum atomic E-state index is -3.26. The first-order valence-electron chi connectivity index (χ1n) is 11.9. The van der Waals surface area contributed by atoms with E-state index < -0.39 is 9.84 Å². The molecular formula is C27H33N3O2S. The summed E-state index contributed by atoms with van der Waals surface area (Å²) >= 11 is 0. The number of hydrogen-bond acceptors (Lipinski definition) is 4. The predicted molar refractivity (Wildman–Crippen MR) is 138 cm³/mol. The molecule has 3 heterocycles. The number of sulfone groups is 1. The summed E-state index contributed by atoms with van der Waals surface area (Å²) in [6.45, 7) is 9.26. The number of anilines is 1. The highest BCUT2D eigenvalue weighted by molar-refractivity contribution is 7.91. The Morgan fingerprint density at radius 3 is 2.58 bits per heavy atom. The maximum absolute atomic E-state index is 12.5. The van der Waals surface area contributed by atoms with Crippen molar-refractivity contribution < 1.29 is 8.42 Å². The smallest absolute Gasteiger partial charge is 0.178 e. The molecule has 174 valence electrons. The Bertz CT molecular complexity index is 1350. The van der Waals surface area contributed by atoms with E-state index in [4.69, 9.17) is 0 Å². The third-order valence-corrected chi connectivity index (χ3v) is 9.02. The van der Waals surface area contributed by atoms with Crippen LogP contribution >= 0.6 is 0 Å². The Kier molecular flexibility index (Phi) is 5.61. The zero-order valence-corrected chi connectivity index (χ0v) is 20.8. The number of aromatic amines is 1. The third kappa shape index (κ3) is 3.89. The fourth-order valence-corrected chi connectivity index (χ4v) is 6.27. The molecule has 1 aromatic heterocycles. The van der Waals surface area contributed by atoms with Crippen molar-refractivity contribution in [3.63, 3.8) is 0 Å². The Morgan fingerprint density at radius 1 is 1.09 bits per heavy atom. The number of H-pyrrole nitrogens is 1. The van der Waals surface area contributed by atoms with Gasteiger partial charge in [-0.25, -0.2) is 8.42 Å². The highest BCUT2D eigenvalue weighted by Gasteiger charge is 2.30. The Labute approximate surface area is 197 Å². The number of nitrogens with zero attached hydrogens (tertiary/aromatic N) is 2. The molecule has 1 N–H and O–H groups in total. The van der Waals surface area contributed by atoms with Gasteiger partial charge in [0.1, 0.15) is 5.82 Å². The quantitative estimate of drug-likeness (QED) is 0.574. The molecule has 5 nitrogen and oxygen atoms in total. The van der Waals surface area contributed by atoms with Crippen molar-refractivity contribution in [2.24, 2.45) is 0 Å². The van der Waals surface area contributed by atoms with Gasteiger partial charge in [0, 0.05) is 23.5 Å². The standard InChI is InChI=1S/C27H33N3O2S/c1-5-33(31,32)22-8-6-7-20(16-22)23-10-9-19(3)26-25(23)24-15-18(2)17-30(27(24)28-26)21-11-13-29(4)14-12-21/h6-10,15-16,21,28H,5,11-14,17H2,1-4H3. The maximum Gasteiger partial charge on any atom is 0.178 e. The lowest BCUT2D eigenvalue weighted by Crippen LogP contribution is -2.45. The van der Waals surface area contributed by atoms with Crippen molar-refractivity contribution in [3.8, 4) is 11.1 Å². The molecule has 2 aliphatic heterocycles. The van der Waals surface area contributed by atoms with Crippen LogP contribution in [0.15, 0.2) is 46.9 Å². The molecule has 0 aliphatic carbocycles. The molecular weight excluding hydrogens is 430 g/mol. The molecule has 0 saturated carbocycles. The monoisotopic (exact) mass is 463 g/mol. The van der Waals surface area contributed by atoms with E-state index in [1.54, 1.807) is 13.0 Å². The second-order valence-electron chi connectivity index (χ2n) is 9.65. The van der Waals surface area contributed by atoms with Crippen LogP contribution < -0.4 is 4.90 Å². The molecule has 3 aromatic rings. The molecule has 33 heavy (non-hydrogen) atoms. The number of likely N-dealkylation sites (tertiary alicyclic amines) is 1. The molecule has 0 spiro atoms. The first kappa shape index (κ1) is 22.2. The fourth-order valence-electron chi connectivity index (χ4n) is 5.34. The fraction of sp³-hybridized carbons (Fsp3) is 0.407. The van der Waals surface area contributed by atoms with Gasteiger partial charge in [0.2, 0.25) is 0 Å². The second kappa shape index (κ2) is 8.33. The van der Waals surface area contributed by atoms with Crippen molar-refractivity contribution in [2.45, 2.75) is 44.6 Å². The number of nitrogens with one attached hydrogen (secondary N) is 1. The van der Waals surface area contributed by atoms with Crippen LogP contribution in [-0.4, -0.2) is 56.8 Å². The van der Waals surface area contributed by atoms with Crippen LogP contribution in [0.5, 0.6) is 0 Å². The molecule has 0 bridgehead atoms. The number of piperidine rings is 1. The SMILES string of the molecule is CCS(=O)(=O)c1cccc(-c2ccc(C)c3[nH]c4c(c23)C=C(C)CN4C2CCN(C)CC2)c1. The van der Waals surface area contributed by atoms with Crippen LogP contribution in [0.1, 0.15) is 37.8 Å². The first-order valence-corrected chi connectivity index (χ1v) is 13.5. The minimum Gasteiger partial charge on any atom is -0.351 e.